The van der Waals surface area contributed by atoms with Gasteiger partial charge in [0.25, 0.3) is 0 Å². The summed E-state index contributed by atoms with van der Waals surface area (Å²) in [6.45, 7) is 0. The Morgan fingerprint density at radius 2 is 1.50 bits per heavy atom. The van der Waals surface area contributed by atoms with Crippen molar-refractivity contribution in [2.24, 2.45) is 7.05 Å². The number of rotatable bonds is 0. The van der Waals surface area contributed by atoms with Crippen LogP contribution in [0, 0.1) is 0 Å². The molecule has 2 heterocycles. The van der Waals surface area contributed by atoms with E-state index >= 15 is 0 Å². The van der Waals surface area contributed by atoms with Crippen molar-refractivity contribution < 1.29 is 0 Å². The van der Waals surface area contributed by atoms with Gasteiger partial charge in [0, 0.05) is 12.4 Å². The van der Waals surface area contributed by atoms with E-state index in [-0.39, 0.29) is 0 Å². The molecular formula is C19H13N3. The summed E-state index contributed by atoms with van der Waals surface area (Å²) in [5.74, 6) is 0.934. The average Bonchev–Trinajstić information content (AvgIpc) is 2.93. The Morgan fingerprint density at radius 1 is 0.773 bits per heavy atom. The lowest BCUT2D eigenvalue weighted by Crippen LogP contribution is -2.02. The van der Waals surface area contributed by atoms with Crippen LogP contribution in [0.25, 0.3) is 44.2 Å². The van der Waals surface area contributed by atoms with Crippen molar-refractivity contribution in [3.05, 3.63) is 60.7 Å². The van der Waals surface area contributed by atoms with Crippen molar-refractivity contribution in [3.63, 3.8) is 0 Å². The van der Waals surface area contributed by atoms with Crippen LogP contribution in [-0.2, 0) is 7.05 Å². The first kappa shape index (κ1) is 11.7. The van der Waals surface area contributed by atoms with Gasteiger partial charge in [-0.25, -0.2) is 9.97 Å². The van der Waals surface area contributed by atoms with Gasteiger partial charge in [-0.15, -0.1) is 0 Å². The van der Waals surface area contributed by atoms with Gasteiger partial charge in [0.05, 0.1) is 16.6 Å². The molecule has 0 fully saturated rings. The number of aryl methyl sites for hydroxylation is 1. The van der Waals surface area contributed by atoms with Gasteiger partial charge in [-0.2, -0.15) is 0 Å². The van der Waals surface area contributed by atoms with Crippen molar-refractivity contribution in [2.75, 3.05) is 0 Å². The summed E-state index contributed by atoms with van der Waals surface area (Å²) in [4.78, 5) is 9.64. The smallest absolute Gasteiger partial charge is 0.160 e. The second-order valence-electron chi connectivity index (χ2n) is 5.66. The molecule has 0 spiro atoms. The number of hydrogen-bond acceptors (Lipinski definition) is 2. The Bertz CT molecular complexity index is 1130. The summed E-state index contributed by atoms with van der Waals surface area (Å²) in [5, 5.41) is 3.55. The van der Waals surface area contributed by atoms with Gasteiger partial charge in [0.1, 0.15) is 5.69 Å². The van der Waals surface area contributed by atoms with E-state index in [1.54, 1.807) is 0 Å². The first-order valence-corrected chi connectivity index (χ1v) is 7.35. The van der Waals surface area contributed by atoms with Crippen LogP contribution in [0.2, 0.25) is 0 Å². The maximum atomic E-state index is 4.89. The highest BCUT2D eigenvalue weighted by Gasteiger charge is 2.17. The molecule has 0 saturated heterocycles. The van der Waals surface area contributed by atoms with E-state index in [4.69, 9.17) is 9.97 Å². The van der Waals surface area contributed by atoms with Crippen LogP contribution in [0.3, 0.4) is 0 Å². The van der Waals surface area contributed by atoms with Gasteiger partial charge in [0.2, 0.25) is 0 Å². The number of nitrogens with zero attached hydrogens (tertiary/aromatic N) is 3. The van der Waals surface area contributed by atoms with Crippen molar-refractivity contribution >= 4 is 32.7 Å². The minimum Gasteiger partial charge on any atom is -0.326 e. The molecule has 0 unspecified atom stereocenters. The average molecular weight is 283 g/mol. The Hall–Kier alpha value is -2.94. The third kappa shape index (κ3) is 1.45. The SMILES string of the molecule is Cn1c2nc3ccccc3c-2nc2cc3ccccc3cc21. The normalized spacial score (nSPS) is 11.9. The molecule has 0 saturated carbocycles. The van der Waals surface area contributed by atoms with Crippen LogP contribution in [0.15, 0.2) is 60.7 Å². The molecule has 2 aliphatic heterocycles. The topological polar surface area (TPSA) is 30.7 Å². The molecule has 0 aromatic heterocycles. The molecule has 3 nitrogen and oxygen atoms in total. The Balaban J connectivity index is 2.02. The van der Waals surface area contributed by atoms with Gasteiger partial charge >= 0.3 is 0 Å². The first-order chi connectivity index (χ1) is 10.8. The predicted molar refractivity (Wildman–Crippen MR) is 90.1 cm³/mol. The molecule has 0 N–H and O–H groups in total. The van der Waals surface area contributed by atoms with Gasteiger partial charge < -0.3 is 4.57 Å². The monoisotopic (exact) mass is 283 g/mol. The third-order valence-corrected chi connectivity index (χ3v) is 4.35. The lowest BCUT2D eigenvalue weighted by atomic mass is 10.1. The highest BCUT2D eigenvalue weighted by molar-refractivity contribution is 6.00. The van der Waals surface area contributed by atoms with Gasteiger partial charge in [0.15, 0.2) is 5.82 Å². The molecule has 22 heavy (non-hydrogen) atoms. The fraction of sp³-hybridized carbons (Fsp3) is 0.0526. The molecule has 0 aliphatic carbocycles. The van der Waals surface area contributed by atoms with E-state index < -0.39 is 0 Å². The molecule has 2 aliphatic rings. The van der Waals surface area contributed by atoms with E-state index in [1.807, 2.05) is 18.2 Å². The van der Waals surface area contributed by atoms with Gasteiger partial charge in [-0.05, 0) is 29.0 Å². The highest BCUT2D eigenvalue weighted by Crippen LogP contribution is 2.32. The fourth-order valence-corrected chi connectivity index (χ4v) is 3.21. The summed E-state index contributed by atoms with van der Waals surface area (Å²) in [7, 11) is 2.06. The summed E-state index contributed by atoms with van der Waals surface area (Å²) in [5.41, 5.74) is 4.09. The van der Waals surface area contributed by atoms with E-state index in [2.05, 4.69) is 54.1 Å². The van der Waals surface area contributed by atoms with E-state index in [1.165, 1.54) is 10.8 Å². The number of aromatic nitrogens is 3. The van der Waals surface area contributed by atoms with E-state index in [0.29, 0.717) is 0 Å². The molecule has 0 bridgehead atoms. The molecule has 0 atom stereocenters. The standard InChI is InChI=1S/C19H13N3/c1-22-17-11-13-7-3-2-6-12(13)10-16(17)20-18-14-8-4-5-9-15(14)21-19(18)22/h2-11H,1H3. The van der Waals surface area contributed by atoms with Crippen LogP contribution in [0.1, 0.15) is 0 Å². The van der Waals surface area contributed by atoms with E-state index in [9.17, 15) is 0 Å². The zero-order chi connectivity index (χ0) is 14.7. The Kier molecular flexibility index (Phi) is 2.15. The number of fused-ring (bicyclic) bond motifs is 5. The van der Waals surface area contributed by atoms with Crippen LogP contribution < -0.4 is 0 Å². The van der Waals surface area contributed by atoms with Crippen molar-refractivity contribution in [1.29, 1.82) is 0 Å². The van der Waals surface area contributed by atoms with Crippen molar-refractivity contribution in [3.8, 4) is 11.5 Å². The van der Waals surface area contributed by atoms with Crippen LogP contribution in [-0.4, -0.2) is 14.5 Å². The van der Waals surface area contributed by atoms with E-state index in [0.717, 1.165) is 33.5 Å². The van der Waals surface area contributed by atoms with Crippen LogP contribution in [0.5, 0.6) is 0 Å². The molecule has 104 valence electrons. The fourth-order valence-electron chi connectivity index (χ4n) is 3.21. The lowest BCUT2D eigenvalue weighted by molar-refractivity contribution is 0.927. The zero-order valence-corrected chi connectivity index (χ0v) is 12.1. The molecule has 3 heteroatoms. The number of hydrogen-bond donors (Lipinski definition) is 0. The molecule has 3 aromatic rings. The van der Waals surface area contributed by atoms with Crippen molar-refractivity contribution in [1.82, 2.24) is 14.5 Å². The quantitative estimate of drug-likeness (QED) is 0.395. The molecular weight excluding hydrogens is 270 g/mol. The zero-order valence-electron chi connectivity index (χ0n) is 12.1. The minimum atomic E-state index is 0.934. The predicted octanol–water partition coefficient (Wildman–Crippen LogP) is 4.38. The maximum absolute atomic E-state index is 4.89. The van der Waals surface area contributed by atoms with Gasteiger partial charge in [-0.1, -0.05) is 42.5 Å². The molecule has 5 rings (SSSR count). The summed E-state index contributed by atoms with van der Waals surface area (Å²) in [6.07, 6.45) is 0. The lowest BCUT2D eigenvalue weighted by Gasteiger charge is -2.11. The van der Waals surface area contributed by atoms with Gasteiger partial charge in [-0.3, -0.25) is 0 Å². The Morgan fingerprint density at radius 3 is 2.36 bits per heavy atom. The maximum Gasteiger partial charge on any atom is 0.160 e. The Labute approximate surface area is 127 Å². The summed E-state index contributed by atoms with van der Waals surface area (Å²) < 4.78 is 2.14. The summed E-state index contributed by atoms with van der Waals surface area (Å²) in [6, 6.07) is 20.9. The van der Waals surface area contributed by atoms with Crippen LogP contribution in [0.4, 0.5) is 0 Å². The molecule has 0 amide bonds. The second-order valence-corrected chi connectivity index (χ2v) is 5.66. The highest BCUT2D eigenvalue weighted by atomic mass is 15.1. The minimum absolute atomic E-state index is 0.934. The van der Waals surface area contributed by atoms with Crippen molar-refractivity contribution in [2.45, 2.75) is 0 Å². The summed E-state index contributed by atoms with van der Waals surface area (Å²) >= 11 is 0. The van der Waals surface area contributed by atoms with Crippen LogP contribution >= 0.6 is 0 Å². The second kappa shape index (κ2) is 4.04. The number of para-hydroxylation sites is 1. The third-order valence-electron chi connectivity index (χ3n) is 4.35. The largest absolute Gasteiger partial charge is 0.326 e. The molecule has 3 aromatic carbocycles. The first-order valence-electron chi connectivity index (χ1n) is 7.35. The molecule has 0 radical (unpaired) electrons. The number of benzene rings is 3.